The highest BCUT2D eigenvalue weighted by Crippen LogP contribution is 2.37. The van der Waals surface area contributed by atoms with Crippen molar-refractivity contribution >= 4 is 5.69 Å². The molecular weight excluding hydrogens is 174 g/mol. The molecule has 0 amide bonds. The number of aryl methyl sites for hydroxylation is 1. The summed E-state index contributed by atoms with van der Waals surface area (Å²) in [6, 6.07) is 6.30. The van der Waals surface area contributed by atoms with E-state index in [4.69, 9.17) is 4.74 Å². The van der Waals surface area contributed by atoms with Crippen LogP contribution < -0.4 is 5.32 Å². The van der Waals surface area contributed by atoms with E-state index < -0.39 is 0 Å². The molecule has 2 nitrogen and oxygen atoms in total. The second-order valence-corrected chi connectivity index (χ2v) is 4.21. The van der Waals surface area contributed by atoms with Crippen LogP contribution in [0.4, 0.5) is 5.69 Å². The third-order valence-corrected chi connectivity index (χ3v) is 2.48. The number of hydrogen-bond donors (Lipinski definition) is 1. The molecule has 74 valence electrons. The second-order valence-electron chi connectivity index (χ2n) is 4.21. The lowest BCUT2D eigenvalue weighted by Gasteiger charge is -2.35. The van der Waals surface area contributed by atoms with Crippen LogP contribution in [-0.2, 0) is 10.3 Å². The van der Waals surface area contributed by atoms with Gasteiger partial charge in [-0.15, -0.1) is 0 Å². The van der Waals surface area contributed by atoms with Gasteiger partial charge in [-0.3, -0.25) is 0 Å². The number of anilines is 1. The minimum atomic E-state index is -0.288. The maximum Gasteiger partial charge on any atom is 0.184 e. The highest BCUT2D eigenvalue weighted by atomic mass is 16.5. The van der Waals surface area contributed by atoms with Crippen LogP contribution in [0.3, 0.4) is 0 Å². The van der Waals surface area contributed by atoms with Crippen LogP contribution in [0.25, 0.3) is 0 Å². The van der Waals surface area contributed by atoms with Crippen molar-refractivity contribution in [3.05, 3.63) is 41.8 Å². The molecule has 0 spiro atoms. The van der Waals surface area contributed by atoms with Crippen molar-refractivity contribution in [3.63, 3.8) is 0 Å². The zero-order chi connectivity index (χ0) is 10.3. The van der Waals surface area contributed by atoms with Gasteiger partial charge in [0.15, 0.2) is 5.88 Å². The van der Waals surface area contributed by atoms with Crippen molar-refractivity contribution in [2.45, 2.75) is 26.4 Å². The zero-order valence-electron chi connectivity index (χ0n) is 8.85. The van der Waals surface area contributed by atoms with Crippen LogP contribution in [0.2, 0.25) is 0 Å². The van der Waals surface area contributed by atoms with Crippen molar-refractivity contribution in [2.24, 2.45) is 0 Å². The topological polar surface area (TPSA) is 21.3 Å². The van der Waals surface area contributed by atoms with Gasteiger partial charge >= 0.3 is 0 Å². The van der Waals surface area contributed by atoms with Gasteiger partial charge in [0, 0.05) is 11.3 Å². The Morgan fingerprint density at radius 1 is 1.36 bits per heavy atom. The summed E-state index contributed by atoms with van der Waals surface area (Å²) < 4.78 is 5.65. The average molecular weight is 189 g/mol. The number of rotatable bonds is 0. The first-order valence-corrected chi connectivity index (χ1v) is 4.75. The van der Waals surface area contributed by atoms with Crippen LogP contribution >= 0.6 is 0 Å². The van der Waals surface area contributed by atoms with Crippen molar-refractivity contribution < 1.29 is 4.74 Å². The average Bonchev–Trinajstić information content (AvgIpc) is 2.05. The molecule has 1 aromatic carbocycles. The first-order chi connectivity index (χ1) is 6.49. The summed E-state index contributed by atoms with van der Waals surface area (Å²) in [7, 11) is 0. The molecule has 1 aromatic rings. The standard InChI is InChI=1S/C12H15NO/c1-8-5-6-11-10(7-8)12(3,4)14-9(2)13-11/h5-7,13H,2H2,1,3-4H3. The summed E-state index contributed by atoms with van der Waals surface area (Å²) >= 11 is 0. The number of hydrogen-bond acceptors (Lipinski definition) is 2. The highest BCUT2D eigenvalue weighted by molar-refractivity contribution is 5.59. The fourth-order valence-electron chi connectivity index (χ4n) is 1.80. The van der Waals surface area contributed by atoms with E-state index in [0.717, 1.165) is 5.69 Å². The Morgan fingerprint density at radius 2 is 2.07 bits per heavy atom. The maximum absolute atomic E-state index is 5.65. The summed E-state index contributed by atoms with van der Waals surface area (Å²) in [4.78, 5) is 0. The summed E-state index contributed by atoms with van der Waals surface area (Å²) in [5.41, 5.74) is 3.24. The van der Waals surface area contributed by atoms with E-state index in [1.807, 2.05) is 0 Å². The summed E-state index contributed by atoms with van der Waals surface area (Å²) in [5, 5.41) is 3.13. The van der Waals surface area contributed by atoms with E-state index in [0.29, 0.717) is 5.88 Å². The third-order valence-electron chi connectivity index (χ3n) is 2.48. The van der Waals surface area contributed by atoms with E-state index in [9.17, 15) is 0 Å². The molecule has 0 bridgehead atoms. The smallest absolute Gasteiger partial charge is 0.184 e. The molecule has 0 atom stereocenters. The minimum Gasteiger partial charge on any atom is -0.469 e. The fourth-order valence-corrected chi connectivity index (χ4v) is 1.80. The molecule has 0 aliphatic carbocycles. The Bertz CT molecular complexity index is 393. The largest absolute Gasteiger partial charge is 0.469 e. The van der Waals surface area contributed by atoms with Gasteiger partial charge in [-0.2, -0.15) is 0 Å². The van der Waals surface area contributed by atoms with E-state index in [1.165, 1.54) is 11.1 Å². The molecule has 14 heavy (non-hydrogen) atoms. The third kappa shape index (κ3) is 1.37. The molecule has 2 heteroatoms. The van der Waals surface area contributed by atoms with Gasteiger partial charge in [-0.25, -0.2) is 0 Å². The van der Waals surface area contributed by atoms with Crippen molar-refractivity contribution in [1.82, 2.24) is 0 Å². The molecule has 1 N–H and O–H groups in total. The zero-order valence-corrected chi connectivity index (χ0v) is 8.85. The highest BCUT2D eigenvalue weighted by Gasteiger charge is 2.30. The summed E-state index contributed by atoms with van der Waals surface area (Å²) in [6.45, 7) is 9.99. The summed E-state index contributed by atoms with van der Waals surface area (Å²) in [5.74, 6) is 0.617. The molecular formula is C12H15NO. The molecule has 0 saturated heterocycles. The van der Waals surface area contributed by atoms with Gasteiger partial charge < -0.3 is 10.1 Å². The second kappa shape index (κ2) is 2.77. The molecule has 2 rings (SSSR count). The predicted molar refractivity (Wildman–Crippen MR) is 58.1 cm³/mol. The van der Waals surface area contributed by atoms with Crippen LogP contribution in [0.15, 0.2) is 30.7 Å². The Hall–Kier alpha value is -1.44. The Balaban J connectivity index is 2.58. The minimum absolute atomic E-state index is 0.288. The molecule has 0 aromatic heterocycles. The quantitative estimate of drug-likeness (QED) is 0.677. The Kier molecular flexibility index (Phi) is 1.81. The lowest BCUT2D eigenvalue weighted by molar-refractivity contribution is 0.0297. The first kappa shape index (κ1) is 9.13. The van der Waals surface area contributed by atoms with Crippen molar-refractivity contribution in [3.8, 4) is 0 Å². The van der Waals surface area contributed by atoms with E-state index in [-0.39, 0.29) is 5.60 Å². The Labute approximate surface area is 84.6 Å². The van der Waals surface area contributed by atoms with Gasteiger partial charge in [-0.1, -0.05) is 17.7 Å². The van der Waals surface area contributed by atoms with E-state index >= 15 is 0 Å². The lowest BCUT2D eigenvalue weighted by Crippen LogP contribution is -2.29. The molecule has 1 heterocycles. The Morgan fingerprint density at radius 3 is 2.79 bits per heavy atom. The number of benzene rings is 1. The fraction of sp³-hybridized carbons (Fsp3) is 0.333. The van der Waals surface area contributed by atoms with Crippen molar-refractivity contribution in [2.75, 3.05) is 5.32 Å². The SMILES string of the molecule is C=C1Nc2ccc(C)cc2C(C)(C)O1. The van der Waals surface area contributed by atoms with Crippen LogP contribution in [0, 0.1) is 6.92 Å². The van der Waals surface area contributed by atoms with Crippen LogP contribution in [0.1, 0.15) is 25.0 Å². The monoisotopic (exact) mass is 189 g/mol. The molecule has 0 unspecified atom stereocenters. The number of fused-ring (bicyclic) bond motifs is 1. The van der Waals surface area contributed by atoms with Gasteiger partial charge in [-0.05, 0) is 33.4 Å². The molecule has 1 aliphatic heterocycles. The van der Waals surface area contributed by atoms with E-state index in [2.05, 4.69) is 50.9 Å². The maximum atomic E-state index is 5.65. The number of nitrogens with one attached hydrogen (secondary N) is 1. The van der Waals surface area contributed by atoms with Crippen LogP contribution in [-0.4, -0.2) is 0 Å². The summed E-state index contributed by atoms with van der Waals surface area (Å²) in [6.07, 6.45) is 0. The van der Waals surface area contributed by atoms with Crippen molar-refractivity contribution in [1.29, 1.82) is 0 Å². The van der Waals surface area contributed by atoms with Gasteiger partial charge in [0.25, 0.3) is 0 Å². The molecule has 0 fully saturated rings. The van der Waals surface area contributed by atoms with Gasteiger partial charge in [0.1, 0.15) is 5.60 Å². The predicted octanol–water partition coefficient (Wildman–Crippen LogP) is 3.14. The van der Waals surface area contributed by atoms with Gasteiger partial charge in [0.05, 0.1) is 0 Å². The normalized spacial score (nSPS) is 18.1. The lowest BCUT2D eigenvalue weighted by atomic mass is 9.93. The molecule has 1 aliphatic rings. The molecule has 0 saturated carbocycles. The molecule has 0 radical (unpaired) electrons. The number of ether oxygens (including phenoxy) is 1. The van der Waals surface area contributed by atoms with Gasteiger partial charge in [0.2, 0.25) is 0 Å². The first-order valence-electron chi connectivity index (χ1n) is 4.75. The van der Waals surface area contributed by atoms with Crippen LogP contribution in [0.5, 0.6) is 0 Å². The van der Waals surface area contributed by atoms with E-state index in [1.54, 1.807) is 0 Å².